The number of benzene rings is 2. The Balaban J connectivity index is 2.30. The molecule has 7 heteroatoms. The normalized spacial score (nSPS) is 12.0. The molecule has 1 heterocycles. The van der Waals surface area contributed by atoms with Crippen LogP contribution >= 0.6 is 11.7 Å². The number of carbonyl (C=O) groups is 2. The van der Waals surface area contributed by atoms with Crippen LogP contribution < -0.4 is 0 Å². The molecule has 0 atom stereocenters. The number of aliphatic carboxylic acids is 2. The average Bonchev–Trinajstić information content (AvgIpc) is 3.00. The van der Waals surface area contributed by atoms with E-state index in [0.717, 1.165) is 11.7 Å². The molecule has 0 aliphatic heterocycles. The zero-order valence-corrected chi connectivity index (χ0v) is 12.4. The summed E-state index contributed by atoms with van der Waals surface area (Å²) in [7, 11) is 0. The van der Waals surface area contributed by atoms with Crippen LogP contribution in [0.1, 0.15) is 11.1 Å². The third-order valence-electron chi connectivity index (χ3n) is 3.28. The number of carboxylic acid groups (broad SMARTS) is 2. The molecule has 0 spiro atoms. The van der Waals surface area contributed by atoms with Gasteiger partial charge in [0.05, 0.1) is 22.9 Å². The van der Waals surface area contributed by atoms with Crippen molar-refractivity contribution in [1.82, 2.24) is 8.75 Å². The lowest BCUT2D eigenvalue weighted by Crippen LogP contribution is -2.10. The van der Waals surface area contributed by atoms with E-state index in [4.69, 9.17) is 0 Å². The lowest BCUT2D eigenvalue weighted by molar-refractivity contribution is -0.132. The van der Waals surface area contributed by atoms with Crippen LogP contribution in [0.15, 0.2) is 48.5 Å². The predicted molar refractivity (Wildman–Crippen MR) is 85.9 cm³/mol. The molecule has 3 aromatic rings. The molecule has 0 fully saturated rings. The minimum Gasteiger partial charge on any atom is -0.478 e. The second-order valence-corrected chi connectivity index (χ2v) is 5.22. The topological polar surface area (TPSA) is 100 Å². The second-order valence-electron chi connectivity index (χ2n) is 4.69. The lowest BCUT2D eigenvalue weighted by atomic mass is 9.94. The fourth-order valence-corrected chi connectivity index (χ4v) is 2.81. The molecule has 6 nitrogen and oxygen atoms in total. The Bertz CT molecular complexity index is 931. The maximum Gasteiger partial charge on any atom is 0.337 e. The molecular weight excluding hydrogens is 316 g/mol. The molecule has 0 saturated heterocycles. The van der Waals surface area contributed by atoms with Crippen LogP contribution in [0.5, 0.6) is 0 Å². The number of rotatable bonds is 4. The molecule has 1 aromatic heterocycles. The van der Waals surface area contributed by atoms with Gasteiger partial charge >= 0.3 is 11.9 Å². The van der Waals surface area contributed by atoms with Gasteiger partial charge in [-0.3, -0.25) is 0 Å². The summed E-state index contributed by atoms with van der Waals surface area (Å²) in [6.45, 7) is 0. The Labute approximate surface area is 134 Å². The highest BCUT2D eigenvalue weighted by molar-refractivity contribution is 7.00. The number of nitrogens with zero attached hydrogens (tertiary/aromatic N) is 2. The summed E-state index contributed by atoms with van der Waals surface area (Å²) in [6, 6.07) is 12.9. The van der Waals surface area contributed by atoms with Crippen molar-refractivity contribution in [2.45, 2.75) is 0 Å². The molecule has 0 aliphatic carbocycles. The predicted octanol–water partition coefficient (Wildman–Crippen LogP) is 2.77. The van der Waals surface area contributed by atoms with Crippen molar-refractivity contribution in [3.8, 4) is 0 Å². The molecule has 114 valence electrons. The molecule has 0 unspecified atom stereocenters. The van der Waals surface area contributed by atoms with E-state index in [1.165, 1.54) is 6.07 Å². The SMILES string of the molecule is O=C(O)C(=C(C(=O)O)c1ccc2nsnc2c1)c1ccccc1. The molecule has 0 radical (unpaired) electrons. The largest absolute Gasteiger partial charge is 0.478 e. The van der Waals surface area contributed by atoms with Crippen LogP contribution in [0, 0.1) is 0 Å². The van der Waals surface area contributed by atoms with Crippen LogP contribution in [-0.4, -0.2) is 30.9 Å². The first-order chi connectivity index (χ1) is 11.1. The van der Waals surface area contributed by atoms with Crippen LogP contribution in [0.2, 0.25) is 0 Å². The number of carboxylic acids is 2. The highest BCUT2D eigenvalue weighted by Crippen LogP contribution is 2.29. The Kier molecular flexibility index (Phi) is 3.86. The molecule has 23 heavy (non-hydrogen) atoms. The molecule has 0 saturated carbocycles. The summed E-state index contributed by atoms with van der Waals surface area (Å²) >= 11 is 1.01. The van der Waals surface area contributed by atoms with E-state index in [-0.39, 0.29) is 16.7 Å². The Morgan fingerprint density at radius 1 is 0.783 bits per heavy atom. The molecule has 2 aromatic carbocycles. The summed E-state index contributed by atoms with van der Waals surface area (Å²) in [5.41, 5.74) is 1.23. The first kappa shape index (κ1) is 14.9. The van der Waals surface area contributed by atoms with Gasteiger partial charge in [-0.25, -0.2) is 9.59 Å². The average molecular weight is 326 g/mol. The summed E-state index contributed by atoms with van der Waals surface area (Å²) in [5, 5.41) is 19.1. The summed E-state index contributed by atoms with van der Waals surface area (Å²) in [6.07, 6.45) is 0. The molecule has 2 N–H and O–H groups in total. The smallest absolute Gasteiger partial charge is 0.337 e. The lowest BCUT2D eigenvalue weighted by Gasteiger charge is -2.09. The van der Waals surface area contributed by atoms with Crippen molar-refractivity contribution < 1.29 is 19.8 Å². The van der Waals surface area contributed by atoms with E-state index in [0.29, 0.717) is 16.6 Å². The molecule has 3 rings (SSSR count). The van der Waals surface area contributed by atoms with Gasteiger partial charge in [-0.1, -0.05) is 36.4 Å². The van der Waals surface area contributed by atoms with E-state index >= 15 is 0 Å². The molecule has 0 bridgehead atoms. The molecule has 0 aliphatic rings. The summed E-state index contributed by atoms with van der Waals surface area (Å²) in [4.78, 5) is 23.4. The highest BCUT2D eigenvalue weighted by Gasteiger charge is 2.23. The van der Waals surface area contributed by atoms with Crippen molar-refractivity contribution in [2.75, 3.05) is 0 Å². The van der Waals surface area contributed by atoms with E-state index in [1.807, 2.05) is 0 Å². The van der Waals surface area contributed by atoms with Gasteiger partial charge in [-0.2, -0.15) is 8.75 Å². The Hall–Kier alpha value is -3.06. The zero-order valence-electron chi connectivity index (χ0n) is 11.6. The van der Waals surface area contributed by atoms with Crippen molar-refractivity contribution in [2.24, 2.45) is 0 Å². The maximum absolute atomic E-state index is 11.7. The van der Waals surface area contributed by atoms with Crippen molar-refractivity contribution >= 4 is 45.8 Å². The second kappa shape index (κ2) is 5.98. The fraction of sp³-hybridized carbons (Fsp3) is 0. The van der Waals surface area contributed by atoms with Gasteiger partial charge in [0.15, 0.2) is 0 Å². The maximum atomic E-state index is 11.7. The van der Waals surface area contributed by atoms with E-state index < -0.39 is 11.9 Å². The van der Waals surface area contributed by atoms with Gasteiger partial charge in [-0.05, 0) is 23.3 Å². The van der Waals surface area contributed by atoms with Gasteiger partial charge in [0.25, 0.3) is 0 Å². The Morgan fingerprint density at radius 2 is 1.39 bits per heavy atom. The fourth-order valence-electron chi connectivity index (χ4n) is 2.29. The van der Waals surface area contributed by atoms with E-state index in [9.17, 15) is 19.8 Å². The monoisotopic (exact) mass is 326 g/mol. The molecular formula is C16H10N2O4S. The van der Waals surface area contributed by atoms with E-state index in [1.54, 1.807) is 42.5 Å². The standard InChI is InChI=1S/C16H10N2O4S/c19-15(20)13(9-4-2-1-3-5-9)14(16(21)22)10-6-7-11-12(8-10)18-23-17-11/h1-8H,(H,19,20)(H,21,22). The summed E-state index contributed by atoms with van der Waals surface area (Å²) in [5.74, 6) is -2.61. The zero-order chi connectivity index (χ0) is 16.4. The van der Waals surface area contributed by atoms with Crippen LogP contribution in [-0.2, 0) is 9.59 Å². The van der Waals surface area contributed by atoms with E-state index in [2.05, 4.69) is 8.75 Å². The quantitative estimate of drug-likeness (QED) is 0.565. The number of aromatic nitrogens is 2. The highest BCUT2D eigenvalue weighted by atomic mass is 32.1. The number of hydrogen-bond acceptors (Lipinski definition) is 5. The number of hydrogen-bond donors (Lipinski definition) is 2. The van der Waals surface area contributed by atoms with Gasteiger partial charge < -0.3 is 10.2 Å². The van der Waals surface area contributed by atoms with Crippen molar-refractivity contribution in [1.29, 1.82) is 0 Å². The Morgan fingerprint density at radius 3 is 2.04 bits per heavy atom. The van der Waals surface area contributed by atoms with Gasteiger partial charge in [0.2, 0.25) is 0 Å². The van der Waals surface area contributed by atoms with Gasteiger partial charge in [0.1, 0.15) is 11.0 Å². The first-order valence-corrected chi connectivity index (χ1v) is 7.30. The van der Waals surface area contributed by atoms with Gasteiger partial charge in [0, 0.05) is 0 Å². The van der Waals surface area contributed by atoms with Crippen LogP contribution in [0.25, 0.3) is 22.2 Å². The van der Waals surface area contributed by atoms with Gasteiger partial charge in [-0.15, -0.1) is 0 Å². The number of fused-ring (bicyclic) bond motifs is 1. The minimum absolute atomic E-state index is 0.263. The van der Waals surface area contributed by atoms with Crippen molar-refractivity contribution in [3.05, 3.63) is 59.7 Å². The third-order valence-corrected chi connectivity index (χ3v) is 3.84. The molecule has 0 amide bonds. The van der Waals surface area contributed by atoms with Crippen LogP contribution in [0.4, 0.5) is 0 Å². The van der Waals surface area contributed by atoms with Crippen LogP contribution in [0.3, 0.4) is 0 Å². The van der Waals surface area contributed by atoms with Crippen molar-refractivity contribution in [3.63, 3.8) is 0 Å². The summed E-state index contributed by atoms with van der Waals surface area (Å²) < 4.78 is 8.12. The minimum atomic E-state index is -1.31. The first-order valence-electron chi connectivity index (χ1n) is 6.57. The third kappa shape index (κ3) is 2.82.